The first-order chi connectivity index (χ1) is 13.2. The lowest BCUT2D eigenvalue weighted by Crippen LogP contribution is -1.97. The zero-order chi connectivity index (χ0) is 20.6. The van der Waals surface area contributed by atoms with Crippen LogP contribution in [0.1, 0.15) is 27.8 Å². The van der Waals surface area contributed by atoms with Crippen molar-refractivity contribution in [1.82, 2.24) is 0 Å². The molecular formula is C21H18Cl2O5. The second kappa shape index (κ2) is 7.70. The van der Waals surface area contributed by atoms with Crippen molar-refractivity contribution in [2.24, 2.45) is 0 Å². The highest BCUT2D eigenvalue weighted by Crippen LogP contribution is 2.37. The number of hydrogen-bond acceptors (Lipinski definition) is 5. The molecule has 28 heavy (non-hydrogen) atoms. The first-order valence-electron chi connectivity index (χ1n) is 8.37. The van der Waals surface area contributed by atoms with Gasteiger partial charge in [-0.1, -0.05) is 40.9 Å². The summed E-state index contributed by atoms with van der Waals surface area (Å²) in [6.07, 6.45) is 0.378. The smallest absolute Gasteiger partial charge is 0.137 e. The molecule has 0 amide bonds. The van der Waals surface area contributed by atoms with E-state index in [2.05, 4.69) is 0 Å². The Bertz CT molecular complexity index is 983. The van der Waals surface area contributed by atoms with E-state index in [4.69, 9.17) is 23.2 Å². The second-order valence-electron chi connectivity index (χ2n) is 6.65. The Morgan fingerprint density at radius 1 is 0.571 bits per heavy atom. The molecule has 0 spiro atoms. The van der Waals surface area contributed by atoms with Gasteiger partial charge in [0, 0.05) is 36.1 Å². The van der Waals surface area contributed by atoms with Gasteiger partial charge in [0.05, 0.1) is 10.0 Å². The molecule has 0 radical (unpaired) electrons. The standard InChI is InChI=1S/C21H18Cl2O5/c1-10-2-13(4-11-6-15(22)19(26)8-17(11)24)21(28)14(3-10)5-12-7-16(23)20(27)9-18(12)25/h2-3,6-9,24-28H,4-5H2,1H3. The van der Waals surface area contributed by atoms with Crippen LogP contribution in [-0.4, -0.2) is 25.5 Å². The number of rotatable bonds is 4. The molecule has 0 heterocycles. The van der Waals surface area contributed by atoms with Crippen LogP contribution in [0.2, 0.25) is 10.0 Å². The van der Waals surface area contributed by atoms with Gasteiger partial charge in [-0.15, -0.1) is 0 Å². The van der Waals surface area contributed by atoms with Gasteiger partial charge in [0.2, 0.25) is 0 Å². The van der Waals surface area contributed by atoms with Gasteiger partial charge >= 0.3 is 0 Å². The van der Waals surface area contributed by atoms with Gasteiger partial charge < -0.3 is 25.5 Å². The average Bonchev–Trinajstić information content (AvgIpc) is 2.61. The van der Waals surface area contributed by atoms with Crippen LogP contribution in [0.15, 0.2) is 36.4 Å². The SMILES string of the molecule is Cc1cc(Cc2cc(Cl)c(O)cc2O)c(O)c(Cc2cc(Cl)c(O)cc2O)c1. The summed E-state index contributed by atoms with van der Waals surface area (Å²) >= 11 is 11.8. The van der Waals surface area contributed by atoms with E-state index in [-0.39, 0.29) is 51.6 Å². The number of halogens is 2. The maximum absolute atomic E-state index is 10.7. The lowest BCUT2D eigenvalue weighted by molar-refractivity contribution is 0.445. The molecule has 5 N–H and O–H groups in total. The van der Waals surface area contributed by atoms with E-state index < -0.39 is 0 Å². The Labute approximate surface area is 171 Å². The number of phenols is 5. The van der Waals surface area contributed by atoms with Crippen molar-refractivity contribution in [2.75, 3.05) is 0 Å². The van der Waals surface area contributed by atoms with Crippen LogP contribution >= 0.6 is 23.2 Å². The minimum absolute atomic E-state index is 0.0118. The minimum Gasteiger partial charge on any atom is -0.508 e. The Hall–Kier alpha value is -2.76. The van der Waals surface area contributed by atoms with Crippen LogP contribution in [0.4, 0.5) is 0 Å². The zero-order valence-electron chi connectivity index (χ0n) is 14.9. The predicted molar refractivity (Wildman–Crippen MR) is 108 cm³/mol. The number of benzene rings is 3. The van der Waals surface area contributed by atoms with Crippen LogP contribution in [0.3, 0.4) is 0 Å². The van der Waals surface area contributed by atoms with Gasteiger partial charge in [-0.25, -0.2) is 0 Å². The highest BCUT2D eigenvalue weighted by molar-refractivity contribution is 6.32. The molecule has 0 aliphatic rings. The third kappa shape index (κ3) is 4.06. The van der Waals surface area contributed by atoms with E-state index in [0.717, 1.165) is 17.7 Å². The summed E-state index contributed by atoms with van der Waals surface area (Å²) in [7, 11) is 0. The van der Waals surface area contributed by atoms with Crippen molar-refractivity contribution in [3.8, 4) is 28.7 Å². The third-order valence-electron chi connectivity index (χ3n) is 4.47. The molecule has 146 valence electrons. The molecule has 7 heteroatoms. The normalized spacial score (nSPS) is 11.0. The summed E-state index contributed by atoms with van der Waals surface area (Å²) in [5.74, 6) is -0.703. The highest BCUT2D eigenvalue weighted by Gasteiger charge is 2.16. The molecule has 0 saturated carbocycles. The number of aryl methyl sites for hydroxylation is 1. The molecule has 3 rings (SSSR count). The van der Waals surface area contributed by atoms with Crippen molar-refractivity contribution in [3.63, 3.8) is 0 Å². The van der Waals surface area contributed by atoms with Gasteiger partial charge in [-0.3, -0.25) is 0 Å². The summed E-state index contributed by atoms with van der Waals surface area (Å²) in [6.45, 7) is 1.86. The van der Waals surface area contributed by atoms with E-state index >= 15 is 0 Å². The fourth-order valence-corrected chi connectivity index (χ4v) is 3.45. The van der Waals surface area contributed by atoms with Crippen LogP contribution in [0.5, 0.6) is 28.7 Å². The molecular weight excluding hydrogens is 403 g/mol. The molecule has 0 saturated heterocycles. The zero-order valence-corrected chi connectivity index (χ0v) is 16.4. The third-order valence-corrected chi connectivity index (χ3v) is 5.08. The molecule has 3 aromatic rings. The topological polar surface area (TPSA) is 101 Å². The molecule has 3 aromatic carbocycles. The summed E-state index contributed by atoms with van der Waals surface area (Å²) in [6, 6.07) is 8.76. The van der Waals surface area contributed by atoms with E-state index in [1.807, 2.05) is 6.92 Å². The maximum atomic E-state index is 10.7. The summed E-state index contributed by atoms with van der Waals surface area (Å²) in [4.78, 5) is 0. The van der Waals surface area contributed by atoms with Gasteiger partial charge in [-0.05, 0) is 30.2 Å². The highest BCUT2D eigenvalue weighted by atomic mass is 35.5. The summed E-state index contributed by atoms with van der Waals surface area (Å²) in [5, 5.41) is 50.2. The van der Waals surface area contributed by atoms with Crippen molar-refractivity contribution < 1.29 is 25.5 Å². The molecule has 0 bridgehead atoms. The van der Waals surface area contributed by atoms with Crippen LogP contribution in [0, 0.1) is 6.92 Å². The van der Waals surface area contributed by atoms with Crippen LogP contribution in [-0.2, 0) is 12.8 Å². The molecule has 5 nitrogen and oxygen atoms in total. The van der Waals surface area contributed by atoms with Gasteiger partial charge in [0.1, 0.15) is 28.7 Å². The molecule has 0 aliphatic carbocycles. The minimum atomic E-state index is -0.225. The second-order valence-corrected chi connectivity index (χ2v) is 7.46. The lowest BCUT2D eigenvalue weighted by Gasteiger charge is -2.14. The fourth-order valence-electron chi connectivity index (χ4n) is 3.08. The van der Waals surface area contributed by atoms with Crippen molar-refractivity contribution in [2.45, 2.75) is 19.8 Å². The number of aromatic hydroxyl groups is 5. The Balaban J connectivity index is 1.99. The van der Waals surface area contributed by atoms with Crippen molar-refractivity contribution in [3.05, 3.63) is 74.3 Å². The summed E-state index contributed by atoms with van der Waals surface area (Å²) < 4.78 is 0. The molecule has 0 fully saturated rings. The number of phenolic OH excluding ortho intramolecular Hbond substituents is 5. The quantitative estimate of drug-likeness (QED) is 0.408. The molecule has 0 aromatic heterocycles. The van der Waals surface area contributed by atoms with Gasteiger partial charge in [0.15, 0.2) is 0 Å². The van der Waals surface area contributed by atoms with E-state index in [1.54, 1.807) is 12.1 Å². The van der Waals surface area contributed by atoms with E-state index in [1.165, 1.54) is 12.1 Å². The largest absolute Gasteiger partial charge is 0.508 e. The van der Waals surface area contributed by atoms with E-state index in [0.29, 0.717) is 22.3 Å². The first-order valence-corrected chi connectivity index (χ1v) is 9.13. The lowest BCUT2D eigenvalue weighted by atomic mass is 9.94. The average molecular weight is 421 g/mol. The number of hydrogen-bond donors (Lipinski definition) is 5. The molecule has 0 atom stereocenters. The van der Waals surface area contributed by atoms with Crippen LogP contribution < -0.4 is 0 Å². The maximum Gasteiger partial charge on any atom is 0.137 e. The van der Waals surface area contributed by atoms with Gasteiger partial charge in [0.25, 0.3) is 0 Å². The summed E-state index contributed by atoms with van der Waals surface area (Å²) in [5.41, 5.74) is 2.87. The van der Waals surface area contributed by atoms with Crippen molar-refractivity contribution in [1.29, 1.82) is 0 Å². The molecule has 0 aliphatic heterocycles. The molecule has 0 unspecified atom stereocenters. The Morgan fingerprint density at radius 3 is 1.36 bits per heavy atom. The monoisotopic (exact) mass is 420 g/mol. The Kier molecular flexibility index (Phi) is 5.49. The van der Waals surface area contributed by atoms with Crippen LogP contribution in [0.25, 0.3) is 0 Å². The first kappa shape index (κ1) is 20.0. The van der Waals surface area contributed by atoms with Crippen molar-refractivity contribution >= 4 is 23.2 Å². The van der Waals surface area contributed by atoms with E-state index in [9.17, 15) is 25.5 Å². The fraction of sp³-hybridized carbons (Fsp3) is 0.143. The Morgan fingerprint density at radius 2 is 0.964 bits per heavy atom. The predicted octanol–water partition coefficient (Wildman–Crippen LogP) is 5.01. The van der Waals surface area contributed by atoms with Gasteiger partial charge in [-0.2, -0.15) is 0 Å².